The van der Waals surface area contributed by atoms with Crippen LogP contribution in [0.5, 0.6) is 5.75 Å². The molecule has 4 nitrogen and oxygen atoms in total. The Balaban J connectivity index is 1.90. The minimum absolute atomic E-state index is 0.0982. The number of hydrogen-bond donors (Lipinski definition) is 0. The van der Waals surface area contributed by atoms with Gasteiger partial charge in [-0.05, 0) is 29.8 Å². The molecule has 0 radical (unpaired) electrons. The fraction of sp³-hybridized carbons (Fsp3) is 0.111. The number of alkyl halides is 3. The van der Waals surface area contributed by atoms with Crippen molar-refractivity contribution in [2.24, 2.45) is 0 Å². The second-order valence-electron chi connectivity index (χ2n) is 5.22. The zero-order valence-corrected chi connectivity index (χ0v) is 13.2. The van der Waals surface area contributed by atoms with E-state index < -0.39 is 11.7 Å². The SMILES string of the molecule is COc1cc(-c2ncn(/C=C\c3ccccc3)n2)cc(C(F)(F)F)c1. The quantitative estimate of drug-likeness (QED) is 0.694. The van der Waals surface area contributed by atoms with Crippen LogP contribution in [0.15, 0.2) is 54.9 Å². The molecule has 1 aromatic heterocycles. The molecule has 0 spiro atoms. The van der Waals surface area contributed by atoms with Crippen molar-refractivity contribution in [3.05, 3.63) is 66.0 Å². The standard InChI is InChI=1S/C18H14F3N3O/c1-25-16-10-14(9-15(11-16)18(19,20)21)17-22-12-24(23-17)8-7-13-5-3-2-4-6-13/h2-12H,1H3/b8-7-. The summed E-state index contributed by atoms with van der Waals surface area (Å²) in [4.78, 5) is 4.07. The van der Waals surface area contributed by atoms with Gasteiger partial charge in [0.1, 0.15) is 12.1 Å². The van der Waals surface area contributed by atoms with Gasteiger partial charge in [0.2, 0.25) is 0 Å². The summed E-state index contributed by atoms with van der Waals surface area (Å²) in [5.74, 6) is 0.281. The van der Waals surface area contributed by atoms with E-state index in [2.05, 4.69) is 10.1 Å². The van der Waals surface area contributed by atoms with Crippen molar-refractivity contribution in [3.63, 3.8) is 0 Å². The molecule has 0 aliphatic rings. The molecule has 2 aromatic carbocycles. The first-order valence-electron chi connectivity index (χ1n) is 7.37. The fourth-order valence-electron chi connectivity index (χ4n) is 2.22. The van der Waals surface area contributed by atoms with E-state index in [1.807, 2.05) is 36.4 Å². The lowest BCUT2D eigenvalue weighted by molar-refractivity contribution is -0.137. The highest BCUT2D eigenvalue weighted by Gasteiger charge is 2.31. The monoisotopic (exact) mass is 345 g/mol. The van der Waals surface area contributed by atoms with Gasteiger partial charge in [-0.15, -0.1) is 5.10 Å². The van der Waals surface area contributed by atoms with Gasteiger partial charge < -0.3 is 4.74 Å². The lowest BCUT2D eigenvalue weighted by Gasteiger charge is -2.10. The third-order valence-electron chi connectivity index (χ3n) is 3.46. The Hall–Kier alpha value is -3.09. The first kappa shape index (κ1) is 16.8. The third kappa shape index (κ3) is 4.06. The number of methoxy groups -OCH3 is 1. The van der Waals surface area contributed by atoms with Crippen LogP contribution in [0.3, 0.4) is 0 Å². The summed E-state index contributed by atoms with van der Waals surface area (Å²) in [6, 6.07) is 13.0. The van der Waals surface area contributed by atoms with Crippen LogP contribution in [0.25, 0.3) is 23.7 Å². The van der Waals surface area contributed by atoms with Crippen molar-refractivity contribution in [1.29, 1.82) is 0 Å². The predicted molar refractivity (Wildman–Crippen MR) is 88.7 cm³/mol. The largest absolute Gasteiger partial charge is 0.497 e. The molecule has 7 heteroatoms. The van der Waals surface area contributed by atoms with Gasteiger partial charge in [0.05, 0.1) is 12.7 Å². The molecule has 0 bridgehead atoms. The Morgan fingerprint density at radius 1 is 1.08 bits per heavy atom. The smallest absolute Gasteiger partial charge is 0.416 e. The van der Waals surface area contributed by atoms with E-state index in [-0.39, 0.29) is 17.1 Å². The van der Waals surface area contributed by atoms with E-state index in [4.69, 9.17) is 4.74 Å². The average molecular weight is 345 g/mol. The van der Waals surface area contributed by atoms with Crippen molar-refractivity contribution in [2.45, 2.75) is 6.18 Å². The molecule has 3 rings (SSSR count). The Kier molecular flexibility index (Phi) is 4.56. The van der Waals surface area contributed by atoms with Crippen LogP contribution in [0.2, 0.25) is 0 Å². The van der Waals surface area contributed by atoms with Crippen LogP contribution >= 0.6 is 0 Å². The van der Waals surface area contributed by atoms with Crippen molar-refractivity contribution in [2.75, 3.05) is 7.11 Å². The zero-order valence-electron chi connectivity index (χ0n) is 13.2. The third-order valence-corrected chi connectivity index (χ3v) is 3.46. The Morgan fingerprint density at radius 3 is 2.52 bits per heavy atom. The highest BCUT2D eigenvalue weighted by molar-refractivity contribution is 5.62. The number of hydrogen-bond acceptors (Lipinski definition) is 3. The lowest BCUT2D eigenvalue weighted by atomic mass is 10.1. The summed E-state index contributed by atoms with van der Waals surface area (Å²) in [6.45, 7) is 0. The maximum Gasteiger partial charge on any atom is 0.416 e. The van der Waals surface area contributed by atoms with E-state index in [1.165, 1.54) is 24.2 Å². The van der Waals surface area contributed by atoms with E-state index in [0.29, 0.717) is 0 Å². The van der Waals surface area contributed by atoms with Gasteiger partial charge in [-0.25, -0.2) is 9.67 Å². The summed E-state index contributed by atoms with van der Waals surface area (Å²) in [5, 5.41) is 4.19. The molecule has 0 saturated carbocycles. The highest BCUT2D eigenvalue weighted by Crippen LogP contribution is 2.34. The maximum absolute atomic E-state index is 13.0. The molecule has 3 aromatic rings. The van der Waals surface area contributed by atoms with E-state index >= 15 is 0 Å². The molecule has 128 valence electrons. The minimum atomic E-state index is -4.47. The summed E-state index contributed by atoms with van der Waals surface area (Å²) in [7, 11) is 1.31. The van der Waals surface area contributed by atoms with Gasteiger partial charge in [0, 0.05) is 11.8 Å². The van der Waals surface area contributed by atoms with Crippen LogP contribution in [0.4, 0.5) is 13.2 Å². The number of benzene rings is 2. The predicted octanol–water partition coefficient (Wildman–Crippen LogP) is 4.60. The molecule has 0 saturated heterocycles. The first-order chi connectivity index (χ1) is 12.0. The first-order valence-corrected chi connectivity index (χ1v) is 7.37. The molecular formula is C18H14F3N3O. The van der Waals surface area contributed by atoms with Gasteiger partial charge >= 0.3 is 6.18 Å². The summed E-state index contributed by atoms with van der Waals surface area (Å²) >= 11 is 0. The summed E-state index contributed by atoms with van der Waals surface area (Å²) < 4.78 is 45.4. The molecule has 0 amide bonds. The van der Waals surface area contributed by atoms with Crippen LogP contribution < -0.4 is 4.74 Å². The van der Waals surface area contributed by atoms with Crippen LogP contribution in [-0.2, 0) is 6.18 Å². The second-order valence-corrected chi connectivity index (χ2v) is 5.22. The minimum Gasteiger partial charge on any atom is -0.497 e. The average Bonchev–Trinajstić information content (AvgIpc) is 3.09. The zero-order chi connectivity index (χ0) is 17.9. The van der Waals surface area contributed by atoms with Gasteiger partial charge in [-0.2, -0.15) is 13.2 Å². The van der Waals surface area contributed by atoms with Crippen molar-refractivity contribution in [3.8, 4) is 17.1 Å². The van der Waals surface area contributed by atoms with Crippen LogP contribution in [0, 0.1) is 0 Å². The Labute approximate surface area is 142 Å². The highest BCUT2D eigenvalue weighted by atomic mass is 19.4. The second kappa shape index (κ2) is 6.80. The fourth-order valence-corrected chi connectivity index (χ4v) is 2.22. The molecular weight excluding hydrogens is 331 g/mol. The number of rotatable bonds is 4. The number of halogens is 3. The van der Waals surface area contributed by atoms with Gasteiger partial charge in [-0.3, -0.25) is 0 Å². The number of aromatic nitrogens is 3. The lowest BCUT2D eigenvalue weighted by Crippen LogP contribution is -2.05. The van der Waals surface area contributed by atoms with Crippen molar-refractivity contribution < 1.29 is 17.9 Å². The molecule has 0 aliphatic heterocycles. The van der Waals surface area contributed by atoms with E-state index in [1.54, 1.807) is 6.20 Å². The molecule has 25 heavy (non-hydrogen) atoms. The van der Waals surface area contributed by atoms with Gasteiger partial charge in [-0.1, -0.05) is 30.3 Å². The van der Waals surface area contributed by atoms with Crippen LogP contribution in [0.1, 0.15) is 11.1 Å². The topological polar surface area (TPSA) is 39.9 Å². The molecule has 1 heterocycles. The van der Waals surface area contributed by atoms with Crippen molar-refractivity contribution in [1.82, 2.24) is 14.8 Å². The number of ether oxygens (including phenoxy) is 1. The van der Waals surface area contributed by atoms with E-state index in [9.17, 15) is 13.2 Å². The molecule has 0 N–H and O–H groups in total. The maximum atomic E-state index is 13.0. The molecule has 0 atom stereocenters. The van der Waals surface area contributed by atoms with Crippen molar-refractivity contribution >= 4 is 12.3 Å². The molecule has 0 aliphatic carbocycles. The Bertz CT molecular complexity index is 886. The van der Waals surface area contributed by atoms with E-state index in [0.717, 1.165) is 17.7 Å². The Morgan fingerprint density at radius 2 is 1.84 bits per heavy atom. The summed E-state index contributed by atoms with van der Waals surface area (Å²) in [5.41, 5.74) is 0.400. The van der Waals surface area contributed by atoms with Crippen LogP contribution in [-0.4, -0.2) is 21.9 Å². The summed E-state index contributed by atoms with van der Waals surface area (Å²) in [6.07, 6.45) is 0.461. The normalized spacial score (nSPS) is 11.8. The molecule has 0 fully saturated rings. The van der Waals surface area contributed by atoms with Gasteiger partial charge in [0.25, 0.3) is 0 Å². The molecule has 0 unspecified atom stereocenters. The number of nitrogens with zero attached hydrogens (tertiary/aromatic N) is 3. The van der Waals surface area contributed by atoms with Gasteiger partial charge in [0.15, 0.2) is 5.82 Å².